The van der Waals surface area contributed by atoms with E-state index in [1.165, 1.54) is 6.26 Å². The van der Waals surface area contributed by atoms with Crippen molar-refractivity contribution >= 4 is 9.84 Å². The molecule has 1 aliphatic heterocycles. The summed E-state index contributed by atoms with van der Waals surface area (Å²) in [4.78, 5) is 0. The Labute approximate surface area is 102 Å². The van der Waals surface area contributed by atoms with E-state index in [4.69, 9.17) is 0 Å². The van der Waals surface area contributed by atoms with Crippen molar-refractivity contribution in [2.24, 2.45) is 7.05 Å². The molecule has 2 rings (SSSR count). The highest BCUT2D eigenvalue weighted by Gasteiger charge is 2.30. The van der Waals surface area contributed by atoms with E-state index in [0.29, 0.717) is 18.9 Å². The molecule has 1 atom stereocenters. The minimum absolute atomic E-state index is 0.322. The van der Waals surface area contributed by atoms with Crippen molar-refractivity contribution in [2.45, 2.75) is 38.1 Å². The van der Waals surface area contributed by atoms with Gasteiger partial charge in [0.05, 0.1) is 11.4 Å². The monoisotopic (exact) mass is 257 g/mol. The van der Waals surface area contributed by atoms with E-state index in [2.05, 4.69) is 24.3 Å². The molecule has 1 unspecified atom stereocenters. The number of nitrogens with zero attached hydrogens (tertiary/aromatic N) is 2. The van der Waals surface area contributed by atoms with Crippen molar-refractivity contribution < 1.29 is 8.42 Å². The van der Waals surface area contributed by atoms with Gasteiger partial charge in [0.15, 0.2) is 9.84 Å². The van der Waals surface area contributed by atoms with Gasteiger partial charge in [-0.25, -0.2) is 8.42 Å². The molecular formula is C11H19N3O2S. The number of aryl methyl sites for hydroxylation is 1. The van der Waals surface area contributed by atoms with Crippen LogP contribution in [0.5, 0.6) is 0 Å². The number of hydrogen-bond donors (Lipinski definition) is 1. The van der Waals surface area contributed by atoms with Gasteiger partial charge in [-0.1, -0.05) is 13.8 Å². The highest BCUT2D eigenvalue weighted by atomic mass is 32.2. The van der Waals surface area contributed by atoms with E-state index in [-0.39, 0.29) is 0 Å². The molecule has 0 saturated carbocycles. The average molecular weight is 257 g/mol. The molecule has 5 nitrogen and oxygen atoms in total. The molecule has 1 aromatic rings. The fourth-order valence-electron chi connectivity index (χ4n) is 2.30. The summed E-state index contributed by atoms with van der Waals surface area (Å²) in [5, 5.41) is 7.07. The number of hydrogen-bond acceptors (Lipinski definition) is 4. The second kappa shape index (κ2) is 4.10. The zero-order valence-electron chi connectivity index (χ0n) is 10.7. The van der Waals surface area contributed by atoms with E-state index in [1.54, 1.807) is 0 Å². The highest BCUT2D eigenvalue weighted by Crippen LogP contribution is 2.26. The SMILES string of the molecule is CC(C)c1nn(C)c2c1CC(S(C)(=O)=O)NC2. The number of fused-ring (bicyclic) bond motifs is 1. The Morgan fingerprint density at radius 3 is 2.65 bits per heavy atom. The lowest BCUT2D eigenvalue weighted by atomic mass is 9.99. The van der Waals surface area contributed by atoms with Crippen LogP contribution < -0.4 is 5.32 Å². The van der Waals surface area contributed by atoms with Crippen LogP contribution >= 0.6 is 0 Å². The first-order chi connectivity index (χ1) is 7.80. The van der Waals surface area contributed by atoms with Crippen LogP contribution in [0.2, 0.25) is 0 Å². The molecule has 1 aromatic heterocycles. The molecule has 0 fully saturated rings. The van der Waals surface area contributed by atoms with Gasteiger partial charge in [-0.15, -0.1) is 0 Å². The van der Waals surface area contributed by atoms with Gasteiger partial charge < -0.3 is 0 Å². The van der Waals surface area contributed by atoms with Gasteiger partial charge in [0.2, 0.25) is 0 Å². The van der Waals surface area contributed by atoms with E-state index in [9.17, 15) is 8.42 Å². The van der Waals surface area contributed by atoms with Crippen molar-refractivity contribution in [3.63, 3.8) is 0 Å². The van der Waals surface area contributed by atoms with Gasteiger partial charge >= 0.3 is 0 Å². The van der Waals surface area contributed by atoms with Crippen molar-refractivity contribution in [1.29, 1.82) is 0 Å². The van der Waals surface area contributed by atoms with Gasteiger partial charge in [-0.05, 0) is 5.92 Å². The van der Waals surface area contributed by atoms with Crippen LogP contribution in [0.25, 0.3) is 0 Å². The van der Waals surface area contributed by atoms with Gasteiger partial charge in [0, 0.05) is 31.8 Å². The third-order valence-corrected chi connectivity index (χ3v) is 4.62. The molecule has 0 bridgehead atoms. The first kappa shape index (κ1) is 12.6. The van der Waals surface area contributed by atoms with Crippen LogP contribution in [-0.2, 0) is 29.9 Å². The molecule has 6 heteroatoms. The van der Waals surface area contributed by atoms with Gasteiger partial charge in [0.1, 0.15) is 5.37 Å². The summed E-state index contributed by atoms with van der Waals surface area (Å²) in [6.45, 7) is 4.74. The van der Waals surface area contributed by atoms with Crippen LogP contribution in [0.1, 0.15) is 36.7 Å². The molecule has 2 heterocycles. The Bertz CT molecular complexity index is 531. The predicted molar refractivity (Wildman–Crippen MR) is 66.5 cm³/mol. The fraction of sp³-hybridized carbons (Fsp3) is 0.727. The summed E-state index contributed by atoms with van der Waals surface area (Å²) in [5.41, 5.74) is 3.24. The van der Waals surface area contributed by atoms with Crippen molar-refractivity contribution in [2.75, 3.05) is 6.26 Å². The standard InChI is InChI=1S/C11H19N3O2S/c1-7(2)11-8-5-10(17(4,15)16)12-6-9(8)14(3)13-11/h7,10,12H,5-6H2,1-4H3. The van der Waals surface area contributed by atoms with Crippen molar-refractivity contribution in [3.8, 4) is 0 Å². The summed E-state index contributed by atoms with van der Waals surface area (Å²) in [6, 6.07) is 0. The van der Waals surface area contributed by atoms with Crippen LogP contribution in [0.4, 0.5) is 0 Å². The molecular weight excluding hydrogens is 238 g/mol. The lowest BCUT2D eigenvalue weighted by Gasteiger charge is -2.23. The van der Waals surface area contributed by atoms with Crippen LogP contribution in [0, 0.1) is 0 Å². The van der Waals surface area contributed by atoms with Crippen LogP contribution in [0.15, 0.2) is 0 Å². The minimum atomic E-state index is -3.05. The molecule has 1 N–H and O–H groups in total. The number of sulfone groups is 1. The first-order valence-electron chi connectivity index (χ1n) is 5.77. The zero-order valence-corrected chi connectivity index (χ0v) is 11.5. The Morgan fingerprint density at radius 2 is 2.12 bits per heavy atom. The van der Waals surface area contributed by atoms with Crippen LogP contribution in [0.3, 0.4) is 0 Å². The maximum absolute atomic E-state index is 11.6. The number of nitrogens with one attached hydrogen (secondary N) is 1. The molecule has 96 valence electrons. The first-order valence-corrected chi connectivity index (χ1v) is 7.73. The molecule has 0 saturated heterocycles. The second-order valence-corrected chi connectivity index (χ2v) is 7.22. The lowest BCUT2D eigenvalue weighted by Crippen LogP contribution is -2.41. The zero-order chi connectivity index (χ0) is 12.8. The van der Waals surface area contributed by atoms with E-state index < -0.39 is 15.2 Å². The fourth-order valence-corrected chi connectivity index (χ4v) is 3.16. The summed E-state index contributed by atoms with van der Waals surface area (Å²) in [6.07, 6.45) is 1.80. The topological polar surface area (TPSA) is 64.0 Å². The lowest BCUT2D eigenvalue weighted by molar-refractivity contribution is 0.519. The normalized spacial score (nSPS) is 20.6. The maximum atomic E-state index is 11.6. The Balaban J connectivity index is 2.43. The molecule has 0 amide bonds. The Kier molecular flexibility index (Phi) is 3.03. The quantitative estimate of drug-likeness (QED) is 0.841. The largest absolute Gasteiger partial charge is 0.295 e. The van der Waals surface area contributed by atoms with Crippen molar-refractivity contribution in [1.82, 2.24) is 15.1 Å². The summed E-state index contributed by atoms with van der Waals surface area (Å²) >= 11 is 0. The van der Waals surface area contributed by atoms with Gasteiger partial charge in [-0.2, -0.15) is 5.10 Å². The maximum Gasteiger partial charge on any atom is 0.163 e. The number of aromatic nitrogens is 2. The van der Waals surface area contributed by atoms with E-state index >= 15 is 0 Å². The molecule has 0 spiro atoms. The van der Waals surface area contributed by atoms with Gasteiger partial charge in [0.25, 0.3) is 0 Å². The molecule has 0 aliphatic carbocycles. The Morgan fingerprint density at radius 1 is 1.47 bits per heavy atom. The smallest absolute Gasteiger partial charge is 0.163 e. The molecule has 1 aliphatic rings. The van der Waals surface area contributed by atoms with Gasteiger partial charge in [-0.3, -0.25) is 10.00 Å². The minimum Gasteiger partial charge on any atom is -0.295 e. The molecule has 17 heavy (non-hydrogen) atoms. The van der Waals surface area contributed by atoms with Crippen LogP contribution in [-0.4, -0.2) is 29.8 Å². The highest BCUT2D eigenvalue weighted by molar-refractivity contribution is 7.91. The molecule has 0 aromatic carbocycles. The summed E-state index contributed by atoms with van der Waals surface area (Å²) in [5.74, 6) is 0.322. The summed E-state index contributed by atoms with van der Waals surface area (Å²) < 4.78 is 25.0. The van der Waals surface area contributed by atoms with E-state index in [0.717, 1.165) is 17.0 Å². The predicted octanol–water partition coefficient (Wildman–Crippen LogP) is 0.560. The Hall–Kier alpha value is -0.880. The van der Waals surface area contributed by atoms with Crippen molar-refractivity contribution in [3.05, 3.63) is 17.0 Å². The molecule has 0 radical (unpaired) electrons. The average Bonchev–Trinajstić information content (AvgIpc) is 2.54. The summed E-state index contributed by atoms with van der Waals surface area (Å²) in [7, 11) is -1.14. The third kappa shape index (κ3) is 2.24. The number of rotatable bonds is 2. The van der Waals surface area contributed by atoms with E-state index in [1.807, 2.05) is 11.7 Å². The third-order valence-electron chi connectivity index (χ3n) is 3.26. The second-order valence-electron chi connectivity index (χ2n) is 4.99.